The van der Waals surface area contributed by atoms with Crippen molar-refractivity contribution in [1.82, 2.24) is 20.5 Å². The first kappa shape index (κ1) is 11.5. The highest BCUT2D eigenvalue weighted by molar-refractivity contribution is 5.04. The summed E-state index contributed by atoms with van der Waals surface area (Å²) >= 11 is 0. The molecule has 0 aliphatic carbocycles. The lowest BCUT2D eigenvalue weighted by atomic mass is 9.98. The summed E-state index contributed by atoms with van der Waals surface area (Å²) in [6.07, 6.45) is 2.60. The Kier molecular flexibility index (Phi) is 3.90. The van der Waals surface area contributed by atoms with Crippen molar-refractivity contribution in [2.24, 2.45) is 5.92 Å². The molecule has 0 amide bonds. The van der Waals surface area contributed by atoms with Crippen molar-refractivity contribution in [1.29, 1.82) is 0 Å². The number of hydrogen-bond donors (Lipinski definition) is 1. The van der Waals surface area contributed by atoms with E-state index in [1.807, 2.05) is 14.0 Å². The van der Waals surface area contributed by atoms with E-state index in [4.69, 9.17) is 4.63 Å². The van der Waals surface area contributed by atoms with E-state index in [0.29, 0.717) is 0 Å². The van der Waals surface area contributed by atoms with Crippen LogP contribution in [0.3, 0.4) is 0 Å². The molecule has 0 aromatic carbocycles. The fourth-order valence-electron chi connectivity index (χ4n) is 2.35. The average Bonchev–Trinajstić information content (AvgIpc) is 2.66. The lowest BCUT2D eigenvalue weighted by Crippen LogP contribution is -2.38. The zero-order valence-electron chi connectivity index (χ0n) is 10.1. The first-order valence-electron chi connectivity index (χ1n) is 5.94. The van der Waals surface area contributed by atoms with Crippen LogP contribution in [-0.4, -0.2) is 41.9 Å². The number of nitrogens with one attached hydrogen (secondary N) is 1. The maximum Gasteiger partial charge on any atom is 0.122 e. The van der Waals surface area contributed by atoms with Crippen LogP contribution in [0.2, 0.25) is 0 Å². The molecule has 0 saturated carbocycles. The Bertz CT molecular complexity index is 324. The molecule has 5 nitrogen and oxygen atoms in total. The minimum absolute atomic E-state index is 0.763. The van der Waals surface area contributed by atoms with E-state index in [-0.39, 0.29) is 0 Å². The number of likely N-dealkylation sites (tertiary alicyclic amines) is 1. The molecule has 1 saturated heterocycles. The SMILES string of the molecule is CNCC1CCCN(Cc2nonc2C)C1. The predicted molar refractivity (Wildman–Crippen MR) is 61.0 cm³/mol. The molecule has 90 valence electrons. The van der Waals surface area contributed by atoms with Crippen molar-refractivity contribution in [2.45, 2.75) is 26.3 Å². The third-order valence-corrected chi connectivity index (χ3v) is 3.22. The Labute approximate surface area is 96.2 Å². The molecule has 0 radical (unpaired) electrons. The number of piperidine rings is 1. The van der Waals surface area contributed by atoms with Gasteiger partial charge < -0.3 is 5.32 Å². The highest BCUT2D eigenvalue weighted by Gasteiger charge is 2.20. The van der Waals surface area contributed by atoms with Crippen LogP contribution in [0.1, 0.15) is 24.2 Å². The van der Waals surface area contributed by atoms with E-state index in [1.54, 1.807) is 0 Å². The largest absolute Gasteiger partial charge is 0.319 e. The normalized spacial score (nSPS) is 22.5. The summed E-state index contributed by atoms with van der Waals surface area (Å²) in [4.78, 5) is 2.44. The van der Waals surface area contributed by atoms with Crippen LogP contribution in [0.5, 0.6) is 0 Å². The van der Waals surface area contributed by atoms with Gasteiger partial charge in [-0.1, -0.05) is 10.3 Å². The van der Waals surface area contributed by atoms with E-state index in [0.717, 1.165) is 43.5 Å². The summed E-state index contributed by atoms with van der Waals surface area (Å²) in [6, 6.07) is 0. The van der Waals surface area contributed by atoms with Gasteiger partial charge in [-0.25, -0.2) is 4.63 Å². The van der Waals surface area contributed by atoms with Crippen molar-refractivity contribution < 1.29 is 4.63 Å². The second kappa shape index (κ2) is 5.41. The van der Waals surface area contributed by atoms with Gasteiger partial charge in [0.15, 0.2) is 0 Å². The molecule has 1 aromatic rings. The van der Waals surface area contributed by atoms with Gasteiger partial charge in [-0.05, 0) is 45.8 Å². The minimum Gasteiger partial charge on any atom is -0.319 e. The average molecular weight is 224 g/mol. The summed E-state index contributed by atoms with van der Waals surface area (Å²) < 4.78 is 4.72. The van der Waals surface area contributed by atoms with Crippen LogP contribution in [0, 0.1) is 12.8 Å². The summed E-state index contributed by atoms with van der Waals surface area (Å²) in [5, 5.41) is 11.0. The van der Waals surface area contributed by atoms with Crippen molar-refractivity contribution in [3.63, 3.8) is 0 Å². The lowest BCUT2D eigenvalue weighted by molar-refractivity contribution is 0.162. The standard InChI is InChI=1S/C11H20N4O/c1-9-11(14-16-13-9)8-15-5-3-4-10(7-15)6-12-2/h10,12H,3-8H2,1-2H3. The third-order valence-electron chi connectivity index (χ3n) is 3.22. The molecule has 0 bridgehead atoms. The number of aromatic nitrogens is 2. The van der Waals surface area contributed by atoms with E-state index in [1.165, 1.54) is 12.8 Å². The van der Waals surface area contributed by atoms with Crippen LogP contribution in [0.4, 0.5) is 0 Å². The molecule has 1 unspecified atom stereocenters. The van der Waals surface area contributed by atoms with Crippen LogP contribution in [0.15, 0.2) is 4.63 Å². The van der Waals surface area contributed by atoms with Crippen molar-refractivity contribution >= 4 is 0 Å². The second-order valence-corrected chi connectivity index (χ2v) is 4.60. The molecule has 1 aliphatic heterocycles. The topological polar surface area (TPSA) is 54.2 Å². The smallest absolute Gasteiger partial charge is 0.122 e. The Hall–Kier alpha value is -0.940. The number of rotatable bonds is 4. The van der Waals surface area contributed by atoms with Crippen molar-refractivity contribution in [3.8, 4) is 0 Å². The summed E-state index contributed by atoms with van der Waals surface area (Å²) in [5.74, 6) is 0.763. The molecule has 1 atom stereocenters. The molecule has 1 aliphatic rings. The molecule has 1 aromatic heterocycles. The number of nitrogens with zero attached hydrogens (tertiary/aromatic N) is 3. The van der Waals surface area contributed by atoms with Gasteiger partial charge in [0.05, 0.1) is 0 Å². The van der Waals surface area contributed by atoms with Gasteiger partial charge in [0.25, 0.3) is 0 Å². The third kappa shape index (κ3) is 2.80. The zero-order valence-corrected chi connectivity index (χ0v) is 10.1. The molecule has 2 rings (SSSR count). The van der Waals surface area contributed by atoms with Crippen LogP contribution >= 0.6 is 0 Å². The van der Waals surface area contributed by atoms with E-state index in [9.17, 15) is 0 Å². The maximum absolute atomic E-state index is 4.72. The van der Waals surface area contributed by atoms with Gasteiger partial charge >= 0.3 is 0 Å². The fraction of sp³-hybridized carbons (Fsp3) is 0.818. The van der Waals surface area contributed by atoms with Gasteiger partial charge in [0.2, 0.25) is 0 Å². The molecule has 16 heavy (non-hydrogen) atoms. The van der Waals surface area contributed by atoms with Gasteiger partial charge in [-0.15, -0.1) is 0 Å². The Morgan fingerprint density at radius 1 is 1.50 bits per heavy atom. The molecule has 2 heterocycles. The Morgan fingerprint density at radius 2 is 2.38 bits per heavy atom. The van der Waals surface area contributed by atoms with Crippen molar-refractivity contribution in [2.75, 3.05) is 26.7 Å². The molecular weight excluding hydrogens is 204 g/mol. The summed E-state index contributed by atoms with van der Waals surface area (Å²) in [7, 11) is 2.02. The fourth-order valence-corrected chi connectivity index (χ4v) is 2.35. The van der Waals surface area contributed by atoms with Crippen LogP contribution < -0.4 is 5.32 Å². The van der Waals surface area contributed by atoms with Gasteiger partial charge in [0, 0.05) is 13.1 Å². The number of hydrogen-bond acceptors (Lipinski definition) is 5. The van der Waals surface area contributed by atoms with Gasteiger partial charge in [0.1, 0.15) is 11.4 Å². The molecule has 1 N–H and O–H groups in total. The minimum atomic E-state index is 0.763. The maximum atomic E-state index is 4.72. The van der Waals surface area contributed by atoms with E-state index >= 15 is 0 Å². The lowest BCUT2D eigenvalue weighted by Gasteiger charge is -2.32. The van der Waals surface area contributed by atoms with Crippen molar-refractivity contribution in [3.05, 3.63) is 11.4 Å². The molecular formula is C11H20N4O. The molecule has 1 fully saturated rings. The van der Waals surface area contributed by atoms with Crippen LogP contribution in [-0.2, 0) is 6.54 Å². The molecule has 0 spiro atoms. The summed E-state index contributed by atoms with van der Waals surface area (Å²) in [6.45, 7) is 6.22. The molecule has 5 heteroatoms. The second-order valence-electron chi connectivity index (χ2n) is 4.60. The van der Waals surface area contributed by atoms with Crippen LogP contribution in [0.25, 0.3) is 0 Å². The van der Waals surface area contributed by atoms with Gasteiger partial charge in [-0.2, -0.15) is 0 Å². The highest BCUT2D eigenvalue weighted by Crippen LogP contribution is 2.18. The quantitative estimate of drug-likeness (QED) is 0.820. The number of aryl methyl sites for hydroxylation is 1. The first-order chi connectivity index (χ1) is 7.79. The monoisotopic (exact) mass is 224 g/mol. The van der Waals surface area contributed by atoms with Gasteiger partial charge in [-0.3, -0.25) is 4.90 Å². The highest BCUT2D eigenvalue weighted by atomic mass is 16.6. The predicted octanol–water partition coefficient (Wildman–Crippen LogP) is 0.809. The Balaban J connectivity index is 1.88. The zero-order chi connectivity index (χ0) is 11.4. The Morgan fingerprint density at radius 3 is 3.06 bits per heavy atom. The first-order valence-corrected chi connectivity index (χ1v) is 5.94. The van der Waals surface area contributed by atoms with E-state index in [2.05, 4.69) is 20.5 Å². The van der Waals surface area contributed by atoms with E-state index < -0.39 is 0 Å². The summed E-state index contributed by atoms with van der Waals surface area (Å²) in [5.41, 5.74) is 1.89.